The first kappa shape index (κ1) is 24.1. The Morgan fingerprint density at radius 1 is 1.03 bits per heavy atom. The Kier molecular flexibility index (Phi) is 9.55. The van der Waals surface area contributed by atoms with Gasteiger partial charge in [-0.3, -0.25) is 0 Å². The molecule has 0 heterocycles. The number of anilines is 2. The maximum absolute atomic E-state index is 6.05. The summed E-state index contributed by atoms with van der Waals surface area (Å²) in [6.07, 6.45) is 6.64. The van der Waals surface area contributed by atoms with Crippen LogP contribution in [0.2, 0.25) is 0 Å². The van der Waals surface area contributed by atoms with E-state index in [0.717, 1.165) is 11.3 Å². The summed E-state index contributed by atoms with van der Waals surface area (Å²) in [4.78, 5) is 6.87. The topological polar surface area (TPSA) is 72.1 Å². The van der Waals surface area contributed by atoms with Crippen LogP contribution in [0.5, 0.6) is 11.5 Å². The summed E-state index contributed by atoms with van der Waals surface area (Å²) in [6, 6.07) is 14.8. The van der Waals surface area contributed by atoms with Crippen LogP contribution in [0.25, 0.3) is 0 Å². The molecule has 1 aliphatic rings. The number of nitrogens with one attached hydrogen (secondary N) is 1. The average Bonchev–Trinajstić information content (AvgIpc) is 2.78. The fourth-order valence-corrected chi connectivity index (χ4v) is 3.79. The van der Waals surface area contributed by atoms with Crippen molar-refractivity contribution in [1.29, 1.82) is 0 Å². The maximum Gasteiger partial charge on any atom is 0.193 e. The third-order valence-electron chi connectivity index (χ3n) is 5.55. The number of guanidine groups is 1. The lowest BCUT2D eigenvalue weighted by Gasteiger charge is -2.33. The van der Waals surface area contributed by atoms with E-state index in [-0.39, 0.29) is 24.0 Å². The number of halogens is 1. The Balaban J connectivity index is 0.00000320. The van der Waals surface area contributed by atoms with E-state index in [4.69, 9.17) is 15.2 Å². The van der Waals surface area contributed by atoms with Gasteiger partial charge in [-0.1, -0.05) is 31.4 Å². The van der Waals surface area contributed by atoms with E-state index in [1.807, 2.05) is 18.2 Å². The molecule has 0 saturated heterocycles. The highest BCUT2D eigenvalue weighted by Crippen LogP contribution is 2.29. The second-order valence-corrected chi connectivity index (χ2v) is 7.47. The smallest absolute Gasteiger partial charge is 0.193 e. The Hall–Kier alpha value is -2.16. The number of hydrogen-bond donors (Lipinski definition) is 2. The van der Waals surface area contributed by atoms with E-state index in [1.165, 1.54) is 37.8 Å². The normalized spacial score (nSPS) is 14.6. The van der Waals surface area contributed by atoms with Crippen LogP contribution in [-0.2, 0) is 6.54 Å². The van der Waals surface area contributed by atoms with Gasteiger partial charge in [-0.15, -0.1) is 24.0 Å². The van der Waals surface area contributed by atoms with Crippen LogP contribution in [0.3, 0.4) is 0 Å². The maximum atomic E-state index is 6.05. The van der Waals surface area contributed by atoms with Gasteiger partial charge < -0.3 is 25.4 Å². The summed E-state index contributed by atoms with van der Waals surface area (Å²) in [7, 11) is 5.42. The van der Waals surface area contributed by atoms with Crippen LogP contribution in [0.1, 0.15) is 37.7 Å². The Morgan fingerprint density at radius 3 is 2.33 bits per heavy atom. The standard InChI is InChI=1S/C23H32N4O2.HI/c1-27(19-7-5-4-6-8-19)20-12-9-17(10-13-20)16-25-23(24)26-18-11-14-21(28-2)22(15-18)29-3;/h9-15,19H,4-8,16H2,1-3H3,(H3,24,25,26);1H. The third kappa shape index (κ3) is 6.42. The molecule has 0 aromatic heterocycles. The summed E-state index contributed by atoms with van der Waals surface area (Å²) in [5.41, 5.74) is 9.24. The molecule has 2 aromatic rings. The van der Waals surface area contributed by atoms with Crippen LogP contribution in [-0.4, -0.2) is 33.3 Å². The molecule has 0 spiro atoms. The summed E-state index contributed by atoms with van der Waals surface area (Å²) in [5.74, 6) is 1.68. The van der Waals surface area contributed by atoms with Gasteiger partial charge in [0.1, 0.15) is 0 Å². The van der Waals surface area contributed by atoms with Gasteiger partial charge in [0.2, 0.25) is 0 Å². The molecule has 0 amide bonds. The van der Waals surface area contributed by atoms with E-state index in [0.29, 0.717) is 30.0 Å². The molecule has 30 heavy (non-hydrogen) atoms. The monoisotopic (exact) mass is 524 g/mol. The molecule has 3 N–H and O–H groups in total. The van der Waals surface area contributed by atoms with Crippen LogP contribution in [0.4, 0.5) is 11.4 Å². The predicted molar refractivity (Wildman–Crippen MR) is 136 cm³/mol. The molecule has 6 nitrogen and oxygen atoms in total. The Bertz CT molecular complexity index is 820. The molecule has 164 valence electrons. The van der Waals surface area contributed by atoms with Crippen molar-refractivity contribution < 1.29 is 9.47 Å². The molecule has 2 aromatic carbocycles. The zero-order chi connectivity index (χ0) is 20.6. The quantitative estimate of drug-likeness (QED) is 0.303. The predicted octanol–water partition coefficient (Wildman–Crippen LogP) is 5.02. The minimum absolute atomic E-state index is 0. The highest BCUT2D eigenvalue weighted by molar-refractivity contribution is 14.0. The second kappa shape index (κ2) is 11.9. The van der Waals surface area contributed by atoms with Crippen molar-refractivity contribution in [2.45, 2.75) is 44.7 Å². The minimum atomic E-state index is 0. The SMILES string of the molecule is COc1ccc(NC(N)=NCc2ccc(N(C)C3CCCCC3)cc2)cc1OC.I. The molecular formula is C23H33IN4O2. The molecule has 1 fully saturated rings. The number of hydrogen-bond acceptors (Lipinski definition) is 4. The van der Waals surface area contributed by atoms with E-state index < -0.39 is 0 Å². The van der Waals surface area contributed by atoms with E-state index >= 15 is 0 Å². The fraction of sp³-hybridized carbons (Fsp3) is 0.435. The van der Waals surface area contributed by atoms with Crippen molar-refractivity contribution >= 4 is 41.3 Å². The lowest BCUT2D eigenvalue weighted by molar-refractivity contribution is 0.355. The molecule has 0 aliphatic heterocycles. The van der Waals surface area contributed by atoms with Crippen LogP contribution in [0.15, 0.2) is 47.5 Å². The van der Waals surface area contributed by atoms with Gasteiger partial charge in [0.25, 0.3) is 0 Å². The molecule has 0 atom stereocenters. The number of nitrogens with two attached hydrogens (primary N) is 1. The fourth-order valence-electron chi connectivity index (χ4n) is 3.79. The minimum Gasteiger partial charge on any atom is -0.493 e. The highest BCUT2D eigenvalue weighted by Gasteiger charge is 2.18. The number of rotatable bonds is 7. The van der Waals surface area contributed by atoms with E-state index in [1.54, 1.807) is 14.2 Å². The van der Waals surface area contributed by atoms with Gasteiger partial charge in [-0.05, 0) is 42.7 Å². The summed E-state index contributed by atoms with van der Waals surface area (Å²) < 4.78 is 10.6. The molecule has 1 saturated carbocycles. The summed E-state index contributed by atoms with van der Waals surface area (Å²) in [5, 5.41) is 3.09. The summed E-state index contributed by atoms with van der Waals surface area (Å²) >= 11 is 0. The van der Waals surface area contributed by atoms with Gasteiger partial charge >= 0.3 is 0 Å². The number of benzene rings is 2. The zero-order valence-electron chi connectivity index (χ0n) is 18.1. The highest BCUT2D eigenvalue weighted by atomic mass is 127. The number of nitrogens with zero attached hydrogens (tertiary/aromatic N) is 2. The van der Waals surface area contributed by atoms with Crippen LogP contribution >= 0.6 is 24.0 Å². The van der Waals surface area contributed by atoms with Gasteiger partial charge in [-0.2, -0.15) is 0 Å². The van der Waals surface area contributed by atoms with Crippen molar-refractivity contribution in [2.24, 2.45) is 10.7 Å². The van der Waals surface area contributed by atoms with Crippen molar-refractivity contribution in [1.82, 2.24) is 0 Å². The molecule has 3 rings (SSSR count). The zero-order valence-corrected chi connectivity index (χ0v) is 20.4. The Morgan fingerprint density at radius 2 is 1.70 bits per heavy atom. The number of ether oxygens (including phenoxy) is 2. The molecule has 0 unspecified atom stereocenters. The van der Waals surface area contributed by atoms with Crippen molar-refractivity contribution in [3.05, 3.63) is 48.0 Å². The van der Waals surface area contributed by atoms with Crippen molar-refractivity contribution in [2.75, 3.05) is 31.5 Å². The largest absolute Gasteiger partial charge is 0.493 e. The molecule has 1 aliphatic carbocycles. The van der Waals surface area contributed by atoms with Crippen LogP contribution < -0.4 is 25.4 Å². The average molecular weight is 524 g/mol. The molecular weight excluding hydrogens is 491 g/mol. The number of aliphatic imine (C=N–C) groups is 1. The van der Waals surface area contributed by atoms with Gasteiger partial charge in [-0.25, -0.2) is 4.99 Å². The van der Waals surface area contributed by atoms with Gasteiger partial charge in [0, 0.05) is 30.5 Å². The first-order valence-corrected chi connectivity index (χ1v) is 10.2. The van der Waals surface area contributed by atoms with E-state index in [2.05, 4.69) is 46.5 Å². The van der Waals surface area contributed by atoms with E-state index in [9.17, 15) is 0 Å². The third-order valence-corrected chi connectivity index (χ3v) is 5.55. The first-order chi connectivity index (χ1) is 14.1. The Labute approximate surface area is 196 Å². The van der Waals surface area contributed by atoms with Crippen molar-refractivity contribution in [3.63, 3.8) is 0 Å². The molecule has 7 heteroatoms. The van der Waals surface area contributed by atoms with Gasteiger partial charge in [0.15, 0.2) is 17.5 Å². The number of methoxy groups -OCH3 is 2. The van der Waals surface area contributed by atoms with Gasteiger partial charge in [0.05, 0.1) is 20.8 Å². The van der Waals surface area contributed by atoms with Crippen LogP contribution in [0, 0.1) is 0 Å². The molecule has 0 radical (unpaired) electrons. The molecule has 0 bridgehead atoms. The van der Waals surface area contributed by atoms with Crippen molar-refractivity contribution in [3.8, 4) is 11.5 Å². The first-order valence-electron chi connectivity index (χ1n) is 10.2. The lowest BCUT2D eigenvalue weighted by Crippen LogP contribution is -2.33. The second-order valence-electron chi connectivity index (χ2n) is 7.47. The summed E-state index contributed by atoms with van der Waals surface area (Å²) in [6.45, 7) is 0.527. The lowest BCUT2D eigenvalue weighted by atomic mass is 9.94.